The van der Waals surface area contributed by atoms with Gasteiger partial charge in [0.2, 0.25) is 0 Å². The van der Waals surface area contributed by atoms with E-state index in [0.717, 1.165) is 0 Å². The molecule has 1 aliphatic heterocycles. The fraction of sp³-hybridized carbons (Fsp3) is 1.00. The summed E-state index contributed by atoms with van der Waals surface area (Å²) in [5, 5.41) is 8.32. The molecular weight excluding hydrogens is 82.0 g/mol. The van der Waals surface area contributed by atoms with Gasteiger partial charge in [0.05, 0.1) is 0 Å². The molecule has 6 heavy (non-hydrogen) atoms. The number of nitrogens with two attached hydrogens (primary N) is 1. The van der Waals surface area contributed by atoms with Crippen molar-refractivity contribution in [3.8, 4) is 0 Å². The van der Waals surface area contributed by atoms with E-state index in [9.17, 15) is 0 Å². The van der Waals surface area contributed by atoms with Crippen LogP contribution in [0.4, 0.5) is 0 Å². The maximum atomic E-state index is 8.32. The molecule has 3 heteroatoms. The maximum Gasteiger partial charge on any atom is 0.183 e. The SMILES string of the molecule is NCC1OC1O. The summed E-state index contributed by atoms with van der Waals surface area (Å²) >= 11 is 0. The van der Waals surface area contributed by atoms with Gasteiger partial charge in [0.25, 0.3) is 0 Å². The fourth-order valence-electron chi connectivity index (χ4n) is 0.306. The van der Waals surface area contributed by atoms with Crippen LogP contribution in [0.1, 0.15) is 0 Å². The lowest BCUT2D eigenvalue weighted by Crippen LogP contribution is -2.08. The first-order valence-electron chi connectivity index (χ1n) is 1.88. The largest absolute Gasteiger partial charge is 0.366 e. The smallest absolute Gasteiger partial charge is 0.183 e. The van der Waals surface area contributed by atoms with Crippen molar-refractivity contribution in [2.75, 3.05) is 6.54 Å². The fourth-order valence-corrected chi connectivity index (χ4v) is 0.306. The molecule has 1 fully saturated rings. The predicted molar refractivity (Wildman–Crippen MR) is 19.9 cm³/mol. The summed E-state index contributed by atoms with van der Waals surface area (Å²) < 4.78 is 4.50. The average molecular weight is 89.1 g/mol. The lowest BCUT2D eigenvalue weighted by molar-refractivity contribution is 0.156. The zero-order chi connectivity index (χ0) is 4.57. The van der Waals surface area contributed by atoms with Crippen LogP contribution in [-0.4, -0.2) is 24.0 Å². The molecule has 2 atom stereocenters. The molecule has 0 aromatic rings. The van der Waals surface area contributed by atoms with E-state index in [2.05, 4.69) is 4.74 Å². The molecule has 2 unspecified atom stereocenters. The van der Waals surface area contributed by atoms with Crippen molar-refractivity contribution in [1.29, 1.82) is 0 Å². The van der Waals surface area contributed by atoms with Crippen molar-refractivity contribution >= 4 is 0 Å². The van der Waals surface area contributed by atoms with Crippen LogP contribution in [-0.2, 0) is 4.74 Å². The zero-order valence-electron chi connectivity index (χ0n) is 3.29. The molecule has 1 aliphatic rings. The Hall–Kier alpha value is -0.120. The van der Waals surface area contributed by atoms with Gasteiger partial charge in [-0.3, -0.25) is 0 Å². The second-order valence-corrected chi connectivity index (χ2v) is 1.30. The van der Waals surface area contributed by atoms with Crippen molar-refractivity contribution in [2.45, 2.75) is 12.4 Å². The minimum atomic E-state index is -0.560. The first kappa shape index (κ1) is 4.05. The summed E-state index contributed by atoms with van der Waals surface area (Å²) in [6, 6.07) is 0. The number of epoxide rings is 1. The first-order valence-corrected chi connectivity index (χ1v) is 1.88. The third kappa shape index (κ3) is 0.518. The number of hydrogen-bond acceptors (Lipinski definition) is 3. The summed E-state index contributed by atoms with van der Waals surface area (Å²) in [5.41, 5.74) is 5.04. The molecule has 0 amide bonds. The Bertz CT molecular complexity index is 54.8. The minimum absolute atomic E-state index is 0.0648. The molecule has 3 nitrogen and oxygen atoms in total. The normalized spacial score (nSPS) is 43.0. The molecule has 3 N–H and O–H groups in total. The lowest BCUT2D eigenvalue weighted by atomic mass is 10.5. The monoisotopic (exact) mass is 89.0 g/mol. The quantitative estimate of drug-likeness (QED) is 0.391. The highest BCUT2D eigenvalue weighted by Crippen LogP contribution is 2.15. The molecule has 0 spiro atoms. The molecule has 1 heterocycles. The summed E-state index contributed by atoms with van der Waals surface area (Å²) in [7, 11) is 0. The van der Waals surface area contributed by atoms with Gasteiger partial charge in [-0.25, -0.2) is 0 Å². The second kappa shape index (κ2) is 1.18. The van der Waals surface area contributed by atoms with E-state index in [1.807, 2.05) is 0 Å². The van der Waals surface area contributed by atoms with E-state index in [1.54, 1.807) is 0 Å². The van der Waals surface area contributed by atoms with E-state index in [0.29, 0.717) is 6.54 Å². The van der Waals surface area contributed by atoms with E-state index >= 15 is 0 Å². The number of rotatable bonds is 1. The lowest BCUT2D eigenvalue weighted by Gasteiger charge is -1.73. The highest BCUT2D eigenvalue weighted by Gasteiger charge is 2.34. The third-order valence-electron chi connectivity index (χ3n) is 0.788. The first-order chi connectivity index (χ1) is 2.84. The zero-order valence-corrected chi connectivity index (χ0v) is 3.29. The van der Waals surface area contributed by atoms with Crippen molar-refractivity contribution in [3.05, 3.63) is 0 Å². The molecule has 0 aliphatic carbocycles. The van der Waals surface area contributed by atoms with Crippen LogP contribution in [0.25, 0.3) is 0 Å². The van der Waals surface area contributed by atoms with Crippen LogP contribution < -0.4 is 5.73 Å². The van der Waals surface area contributed by atoms with E-state index < -0.39 is 6.29 Å². The number of ether oxygens (including phenoxy) is 1. The number of aliphatic hydroxyl groups is 1. The Morgan fingerprint density at radius 3 is 2.33 bits per heavy atom. The van der Waals surface area contributed by atoms with Gasteiger partial charge in [-0.05, 0) is 0 Å². The molecule has 0 bridgehead atoms. The van der Waals surface area contributed by atoms with Gasteiger partial charge in [0.1, 0.15) is 6.10 Å². The van der Waals surface area contributed by atoms with Crippen molar-refractivity contribution in [1.82, 2.24) is 0 Å². The summed E-state index contributed by atoms with van der Waals surface area (Å²) in [6.07, 6.45) is -0.625. The van der Waals surface area contributed by atoms with E-state index in [4.69, 9.17) is 10.8 Å². The van der Waals surface area contributed by atoms with Crippen LogP contribution in [0.15, 0.2) is 0 Å². The summed E-state index contributed by atoms with van der Waals surface area (Å²) in [6.45, 7) is 0.432. The van der Waals surface area contributed by atoms with E-state index in [-0.39, 0.29) is 6.10 Å². The van der Waals surface area contributed by atoms with Gasteiger partial charge in [0.15, 0.2) is 6.29 Å². The third-order valence-corrected chi connectivity index (χ3v) is 0.788. The molecular formula is C3H7NO2. The Labute approximate surface area is 35.7 Å². The molecule has 0 saturated carbocycles. The molecule has 1 saturated heterocycles. The Kier molecular flexibility index (Phi) is 0.799. The van der Waals surface area contributed by atoms with Gasteiger partial charge in [0, 0.05) is 6.54 Å². The van der Waals surface area contributed by atoms with Crippen molar-refractivity contribution in [2.24, 2.45) is 5.73 Å². The van der Waals surface area contributed by atoms with Gasteiger partial charge in [-0.2, -0.15) is 0 Å². The van der Waals surface area contributed by atoms with Crippen molar-refractivity contribution in [3.63, 3.8) is 0 Å². The Balaban J connectivity index is 2.09. The highest BCUT2D eigenvalue weighted by atomic mass is 16.7. The standard InChI is InChI=1S/C3H7NO2/c4-1-2-3(5)6-2/h2-3,5H,1,4H2. The molecule has 1 rings (SSSR count). The Morgan fingerprint density at radius 1 is 1.83 bits per heavy atom. The summed E-state index contributed by atoms with van der Waals surface area (Å²) in [5.74, 6) is 0. The van der Waals surface area contributed by atoms with E-state index in [1.165, 1.54) is 0 Å². The van der Waals surface area contributed by atoms with Crippen LogP contribution in [0.5, 0.6) is 0 Å². The maximum absolute atomic E-state index is 8.32. The van der Waals surface area contributed by atoms with Gasteiger partial charge in [-0.1, -0.05) is 0 Å². The molecule has 0 aromatic carbocycles. The van der Waals surface area contributed by atoms with Crippen LogP contribution in [0.2, 0.25) is 0 Å². The predicted octanol–water partition coefficient (Wildman–Crippen LogP) is -1.34. The number of hydrogen-bond donors (Lipinski definition) is 2. The summed E-state index contributed by atoms with van der Waals surface area (Å²) in [4.78, 5) is 0. The van der Waals surface area contributed by atoms with Crippen molar-refractivity contribution < 1.29 is 9.84 Å². The highest BCUT2D eigenvalue weighted by molar-refractivity contribution is 4.74. The van der Waals surface area contributed by atoms with Crippen LogP contribution in [0, 0.1) is 0 Å². The average Bonchev–Trinajstić information content (AvgIpc) is 2.19. The number of aliphatic hydroxyl groups excluding tert-OH is 1. The molecule has 0 radical (unpaired) electrons. The van der Waals surface area contributed by atoms with Crippen LogP contribution >= 0.6 is 0 Å². The van der Waals surface area contributed by atoms with Gasteiger partial charge < -0.3 is 15.6 Å². The minimum Gasteiger partial charge on any atom is -0.366 e. The molecule has 36 valence electrons. The molecule has 0 aromatic heterocycles. The van der Waals surface area contributed by atoms with Crippen LogP contribution in [0.3, 0.4) is 0 Å². The van der Waals surface area contributed by atoms with Gasteiger partial charge in [-0.15, -0.1) is 0 Å². The van der Waals surface area contributed by atoms with Gasteiger partial charge >= 0.3 is 0 Å². The Morgan fingerprint density at radius 2 is 2.33 bits per heavy atom. The second-order valence-electron chi connectivity index (χ2n) is 1.30. The topological polar surface area (TPSA) is 58.8 Å².